The Labute approximate surface area is 343 Å². The summed E-state index contributed by atoms with van der Waals surface area (Å²) < 4.78 is 15.8. The molecule has 3 aromatic carbocycles. The molecule has 0 aliphatic carbocycles. The van der Waals surface area contributed by atoms with E-state index >= 15 is 0 Å². The molecule has 6 rings (SSSR count). The van der Waals surface area contributed by atoms with Gasteiger partial charge in [0.2, 0.25) is 11.8 Å². The van der Waals surface area contributed by atoms with Gasteiger partial charge in [-0.25, -0.2) is 14.8 Å². The molecule has 0 radical (unpaired) electrons. The fraction of sp³-hybridized carbons (Fsp3) is 0.343. The summed E-state index contributed by atoms with van der Waals surface area (Å²) in [7, 11) is -5.01. The second-order valence-corrected chi connectivity index (χ2v) is 13.5. The van der Waals surface area contributed by atoms with Gasteiger partial charge < -0.3 is 35.8 Å². The van der Waals surface area contributed by atoms with Crippen molar-refractivity contribution in [3.63, 3.8) is 0 Å². The number of urea groups is 1. The van der Waals surface area contributed by atoms with Gasteiger partial charge in [0.25, 0.3) is 0 Å². The van der Waals surface area contributed by atoms with Crippen LogP contribution in [0.1, 0.15) is 31.0 Å². The summed E-state index contributed by atoms with van der Waals surface area (Å²) in [6.45, 7) is 6.45. The number of para-hydroxylation sites is 1. The third-order valence-electron chi connectivity index (χ3n) is 9.04. The topological polar surface area (TPSA) is 149 Å². The quantitative estimate of drug-likeness (QED) is 0.119. The van der Waals surface area contributed by atoms with Crippen molar-refractivity contribution >= 4 is 31.4 Å². The molecule has 3 aromatic rings. The molecule has 260 valence electrons. The van der Waals surface area contributed by atoms with Gasteiger partial charge in [0.05, 0.1) is 13.1 Å². The zero-order valence-corrected chi connectivity index (χ0v) is 34.0. The predicted octanol–water partition coefficient (Wildman–Crippen LogP) is -3.02. The van der Waals surface area contributed by atoms with Crippen LogP contribution < -0.4 is 78.7 Å². The molecule has 0 saturated carbocycles. The summed E-state index contributed by atoms with van der Waals surface area (Å²) in [6, 6.07) is 22.1. The van der Waals surface area contributed by atoms with Crippen molar-refractivity contribution < 1.29 is 93.8 Å². The standard InChI is InChI=1S/C35H41N6O7P.2Na.H/c1-2-18-39-25-33(42)40-31(21-26-14-16-29(17-15-26)48-49(45,46)47)34(43)38(23-28-12-6-7-13-30(28)37-19-8-9-20-37)24-32(40)41(39)35(44)36-22-27-10-4-3-5-11-27;;;/h2-7,10-17,31-32H,1,8-9,18-25H2,(H,36,44)(H2,45,46,47);;;/q;2*+1;-1/p-1/t31-,32-;;;/m0.../s1. The second-order valence-electron chi connectivity index (χ2n) is 12.4. The number of hydrogen-bond acceptors (Lipinski definition) is 8. The zero-order chi connectivity index (χ0) is 34.5. The molecule has 0 spiro atoms. The van der Waals surface area contributed by atoms with Crippen molar-refractivity contribution in [2.75, 3.05) is 37.6 Å². The molecule has 13 nitrogen and oxygen atoms in total. The van der Waals surface area contributed by atoms with Crippen LogP contribution in [0.2, 0.25) is 0 Å². The molecule has 3 fully saturated rings. The largest absolute Gasteiger partial charge is 1.00 e. The molecule has 2 N–H and O–H groups in total. The Hall–Kier alpha value is -2.68. The molecule has 3 saturated heterocycles. The first-order valence-corrected chi connectivity index (χ1v) is 17.8. The van der Waals surface area contributed by atoms with Crippen LogP contribution in [0.5, 0.6) is 5.75 Å². The van der Waals surface area contributed by atoms with Crippen LogP contribution in [0.4, 0.5) is 10.5 Å². The van der Waals surface area contributed by atoms with Gasteiger partial charge >= 0.3 is 73.0 Å². The molecular weight excluding hydrogens is 693 g/mol. The van der Waals surface area contributed by atoms with Crippen LogP contribution in [0.15, 0.2) is 91.5 Å². The van der Waals surface area contributed by atoms with E-state index in [1.807, 2.05) is 48.5 Å². The third-order valence-corrected chi connectivity index (χ3v) is 9.48. The van der Waals surface area contributed by atoms with Gasteiger partial charge in [0, 0.05) is 44.8 Å². The van der Waals surface area contributed by atoms with Crippen molar-refractivity contribution in [2.24, 2.45) is 0 Å². The first kappa shape index (κ1) is 41.1. The molecule has 3 atom stereocenters. The summed E-state index contributed by atoms with van der Waals surface area (Å²) in [5, 5.41) is 6.19. The molecule has 0 bridgehead atoms. The van der Waals surface area contributed by atoms with E-state index in [2.05, 4.69) is 27.4 Å². The first-order chi connectivity index (χ1) is 23.6. The van der Waals surface area contributed by atoms with Crippen molar-refractivity contribution in [1.82, 2.24) is 25.1 Å². The number of hydrogen-bond donors (Lipinski definition) is 2. The number of benzene rings is 3. The number of nitrogens with zero attached hydrogens (tertiary/aromatic N) is 5. The molecular formula is C35H41N6Na2O7P. The van der Waals surface area contributed by atoms with Crippen LogP contribution in [0.25, 0.3) is 0 Å². The van der Waals surface area contributed by atoms with E-state index in [0.717, 1.165) is 42.7 Å². The molecule has 0 aromatic heterocycles. The van der Waals surface area contributed by atoms with Gasteiger partial charge in [0.15, 0.2) is 0 Å². The van der Waals surface area contributed by atoms with E-state index in [1.165, 1.54) is 22.0 Å². The number of carbonyl (C=O) groups excluding carboxylic acids is 3. The number of phosphoric ester groups is 1. The van der Waals surface area contributed by atoms with Crippen LogP contribution >= 0.6 is 7.82 Å². The van der Waals surface area contributed by atoms with Gasteiger partial charge in [-0.05, 0) is 47.7 Å². The molecule has 3 aliphatic rings. The number of hydrazine groups is 1. The van der Waals surface area contributed by atoms with Crippen LogP contribution in [-0.4, -0.2) is 87.5 Å². The number of nitrogens with one attached hydrogen (secondary N) is 1. The fourth-order valence-corrected chi connectivity index (χ4v) is 7.25. The van der Waals surface area contributed by atoms with E-state index in [0.29, 0.717) is 5.56 Å². The molecule has 16 heteroatoms. The van der Waals surface area contributed by atoms with Gasteiger partial charge in [0.1, 0.15) is 18.0 Å². The van der Waals surface area contributed by atoms with Gasteiger partial charge in [-0.2, -0.15) is 0 Å². The SMILES string of the molecule is C=CCN1CC(=O)N2[C@@H](Cc3ccc(OP(=O)([O-])O)cc3)C(=O)N(Cc3ccccc3N3CCCC3)C[C@@H]2N1C(=O)NCc1ccccc1.[H-].[Na+].[Na+]. The van der Waals surface area contributed by atoms with Gasteiger partial charge in [-0.15, -0.1) is 6.58 Å². The van der Waals surface area contributed by atoms with Crippen molar-refractivity contribution in [1.29, 1.82) is 0 Å². The minimum Gasteiger partial charge on any atom is -1.00 e. The van der Waals surface area contributed by atoms with Gasteiger partial charge in [-0.3, -0.25) is 14.2 Å². The van der Waals surface area contributed by atoms with E-state index in [9.17, 15) is 23.8 Å². The normalized spacial score (nSPS) is 20.1. The molecule has 51 heavy (non-hydrogen) atoms. The summed E-state index contributed by atoms with van der Waals surface area (Å²) in [4.78, 5) is 68.3. The van der Waals surface area contributed by atoms with Crippen molar-refractivity contribution in [2.45, 2.75) is 44.6 Å². The maximum Gasteiger partial charge on any atom is 1.00 e. The van der Waals surface area contributed by atoms with E-state index in [-0.39, 0.29) is 117 Å². The minimum absolute atomic E-state index is 0. The number of carbonyl (C=O) groups is 3. The average molecular weight is 735 g/mol. The number of fused-ring (bicyclic) bond motifs is 1. The van der Waals surface area contributed by atoms with E-state index < -0.39 is 26.1 Å². The zero-order valence-electron chi connectivity index (χ0n) is 30.1. The fourth-order valence-electron chi connectivity index (χ4n) is 6.86. The number of piperazine rings is 1. The summed E-state index contributed by atoms with van der Waals surface area (Å²) in [6.07, 6.45) is 3.10. The molecule has 4 amide bonds. The Kier molecular flexibility index (Phi) is 14.8. The Morgan fingerprint density at radius 2 is 1.67 bits per heavy atom. The van der Waals surface area contributed by atoms with Crippen LogP contribution in [-0.2, 0) is 33.7 Å². The second kappa shape index (κ2) is 18.4. The Bertz CT molecular complexity index is 1730. The van der Waals surface area contributed by atoms with Crippen LogP contribution in [0.3, 0.4) is 0 Å². The monoisotopic (exact) mass is 734 g/mol. The minimum atomic E-state index is -5.01. The average Bonchev–Trinajstić information content (AvgIpc) is 3.62. The maximum absolute atomic E-state index is 14.4. The Balaban J connectivity index is 0.00000243. The smallest absolute Gasteiger partial charge is 1.00 e. The number of phosphoric acid groups is 1. The molecule has 3 heterocycles. The van der Waals surface area contributed by atoms with Gasteiger partial charge in [-0.1, -0.05) is 66.7 Å². The number of amides is 4. The predicted molar refractivity (Wildman–Crippen MR) is 182 cm³/mol. The van der Waals surface area contributed by atoms with Crippen molar-refractivity contribution in [3.8, 4) is 5.75 Å². The number of rotatable bonds is 11. The summed E-state index contributed by atoms with van der Waals surface area (Å²) in [5.74, 6) is -0.655. The first-order valence-electron chi connectivity index (χ1n) is 16.3. The Morgan fingerprint density at radius 3 is 2.33 bits per heavy atom. The summed E-state index contributed by atoms with van der Waals surface area (Å²) >= 11 is 0. The molecule has 1 unspecified atom stereocenters. The van der Waals surface area contributed by atoms with E-state index in [1.54, 1.807) is 28.1 Å². The van der Waals surface area contributed by atoms with Crippen LogP contribution in [0, 0.1) is 0 Å². The third kappa shape index (κ3) is 10.1. The van der Waals surface area contributed by atoms with Crippen molar-refractivity contribution in [3.05, 3.63) is 108 Å². The maximum atomic E-state index is 14.4. The van der Waals surface area contributed by atoms with E-state index in [4.69, 9.17) is 4.89 Å². The Morgan fingerprint density at radius 1 is 1.00 bits per heavy atom. The number of anilines is 1. The molecule has 3 aliphatic heterocycles. The summed E-state index contributed by atoms with van der Waals surface area (Å²) in [5.41, 5.74) is 3.58.